The third-order valence-electron chi connectivity index (χ3n) is 6.96. The van der Waals surface area contributed by atoms with Crippen LogP contribution in [0.15, 0.2) is 22.8 Å². The van der Waals surface area contributed by atoms with Crippen LogP contribution >= 0.6 is 0 Å². The molecule has 21 heavy (non-hydrogen) atoms. The van der Waals surface area contributed by atoms with Crippen LogP contribution < -0.4 is 0 Å². The van der Waals surface area contributed by atoms with Crippen LogP contribution in [-0.4, -0.2) is 0 Å². The summed E-state index contributed by atoms with van der Waals surface area (Å²) in [5.74, 6) is 9.21. The number of hydrogen-bond acceptors (Lipinski definition) is 0. The van der Waals surface area contributed by atoms with E-state index in [1.165, 1.54) is 57.8 Å². The Bertz CT molecular complexity index is 565. The normalized spacial score (nSPS) is 41.4. The summed E-state index contributed by atoms with van der Waals surface area (Å²) in [6.07, 6.45) is 15.0. The van der Waals surface area contributed by atoms with Crippen molar-refractivity contribution in [3.05, 3.63) is 22.8 Å². The Morgan fingerprint density at radius 2 is 2.10 bits per heavy atom. The summed E-state index contributed by atoms with van der Waals surface area (Å²) in [6, 6.07) is 0. The molecule has 0 N–H and O–H groups in total. The molecule has 0 heteroatoms. The SMILES string of the molecule is CC#C[C@@H]1CC2=CCCCC2=C2CC[C@]3(C)CCC[C@H]3[C@@H]21. The first-order valence-corrected chi connectivity index (χ1v) is 9.06. The molecule has 112 valence electrons. The lowest BCUT2D eigenvalue weighted by Crippen LogP contribution is -2.40. The molecular formula is C21H28. The lowest BCUT2D eigenvalue weighted by atomic mass is 9.55. The van der Waals surface area contributed by atoms with E-state index < -0.39 is 0 Å². The zero-order valence-corrected chi connectivity index (χ0v) is 13.7. The Kier molecular flexibility index (Phi) is 3.29. The van der Waals surface area contributed by atoms with Crippen molar-refractivity contribution in [3.8, 4) is 11.8 Å². The van der Waals surface area contributed by atoms with Crippen molar-refractivity contribution in [2.45, 2.75) is 71.6 Å². The van der Waals surface area contributed by atoms with Crippen molar-refractivity contribution in [2.75, 3.05) is 0 Å². The Morgan fingerprint density at radius 3 is 2.95 bits per heavy atom. The Morgan fingerprint density at radius 1 is 1.19 bits per heavy atom. The maximum Gasteiger partial charge on any atom is 0.0311 e. The van der Waals surface area contributed by atoms with Crippen molar-refractivity contribution in [1.82, 2.24) is 0 Å². The number of fused-ring (bicyclic) bond motifs is 4. The second-order valence-electron chi connectivity index (χ2n) is 8.01. The van der Waals surface area contributed by atoms with E-state index in [9.17, 15) is 0 Å². The molecule has 4 atom stereocenters. The fourth-order valence-electron chi connectivity index (χ4n) is 5.99. The van der Waals surface area contributed by atoms with E-state index >= 15 is 0 Å². The van der Waals surface area contributed by atoms with Crippen LogP contribution in [-0.2, 0) is 0 Å². The van der Waals surface area contributed by atoms with Crippen LogP contribution in [0.2, 0.25) is 0 Å². The van der Waals surface area contributed by atoms with Gasteiger partial charge < -0.3 is 0 Å². The number of rotatable bonds is 0. The molecule has 0 saturated heterocycles. The van der Waals surface area contributed by atoms with Gasteiger partial charge >= 0.3 is 0 Å². The van der Waals surface area contributed by atoms with Gasteiger partial charge in [-0.3, -0.25) is 0 Å². The minimum absolute atomic E-state index is 0.612. The molecule has 0 radical (unpaired) electrons. The van der Waals surface area contributed by atoms with Gasteiger partial charge in [-0.15, -0.1) is 5.92 Å². The van der Waals surface area contributed by atoms with Gasteiger partial charge in [-0.25, -0.2) is 0 Å². The minimum atomic E-state index is 0.612. The maximum atomic E-state index is 3.62. The highest BCUT2D eigenvalue weighted by Gasteiger charge is 2.51. The van der Waals surface area contributed by atoms with Crippen molar-refractivity contribution in [1.29, 1.82) is 0 Å². The van der Waals surface area contributed by atoms with E-state index in [2.05, 4.69) is 24.8 Å². The summed E-state index contributed by atoms with van der Waals surface area (Å²) in [4.78, 5) is 0. The molecule has 4 aliphatic carbocycles. The molecule has 2 saturated carbocycles. The lowest BCUT2D eigenvalue weighted by molar-refractivity contribution is 0.101. The van der Waals surface area contributed by atoms with Gasteiger partial charge in [0.15, 0.2) is 0 Å². The lowest BCUT2D eigenvalue weighted by Gasteiger charge is -2.49. The van der Waals surface area contributed by atoms with Gasteiger partial charge in [0.1, 0.15) is 0 Å². The molecule has 0 amide bonds. The Hall–Kier alpha value is -0.960. The van der Waals surface area contributed by atoms with Gasteiger partial charge in [0.05, 0.1) is 0 Å². The quantitative estimate of drug-likeness (QED) is 0.503. The molecule has 0 bridgehead atoms. The molecule has 0 unspecified atom stereocenters. The van der Waals surface area contributed by atoms with Crippen molar-refractivity contribution in [3.63, 3.8) is 0 Å². The summed E-state index contributed by atoms with van der Waals surface area (Å²) in [5.41, 5.74) is 5.94. The zero-order valence-electron chi connectivity index (χ0n) is 13.7. The summed E-state index contributed by atoms with van der Waals surface area (Å²) >= 11 is 0. The van der Waals surface area contributed by atoms with Crippen LogP contribution in [0.5, 0.6) is 0 Å². The summed E-state index contributed by atoms with van der Waals surface area (Å²) in [7, 11) is 0. The van der Waals surface area contributed by atoms with E-state index in [1.54, 1.807) is 11.1 Å². The molecule has 4 rings (SSSR count). The first kappa shape index (κ1) is 13.7. The maximum absolute atomic E-state index is 3.62. The molecule has 0 aromatic rings. The predicted molar refractivity (Wildman–Crippen MR) is 88.7 cm³/mol. The van der Waals surface area contributed by atoms with Crippen molar-refractivity contribution in [2.24, 2.45) is 23.2 Å². The average molecular weight is 280 g/mol. The highest BCUT2D eigenvalue weighted by Crippen LogP contribution is 2.61. The third-order valence-corrected chi connectivity index (χ3v) is 6.96. The first-order valence-electron chi connectivity index (χ1n) is 9.06. The third kappa shape index (κ3) is 2.04. The molecule has 0 aromatic carbocycles. The first-order chi connectivity index (χ1) is 10.2. The van der Waals surface area contributed by atoms with Crippen LogP contribution in [0.25, 0.3) is 0 Å². The van der Waals surface area contributed by atoms with Gasteiger partial charge in [-0.05, 0) is 86.7 Å². The van der Waals surface area contributed by atoms with Crippen LogP contribution in [0, 0.1) is 35.0 Å². The number of hydrogen-bond donors (Lipinski definition) is 0. The molecule has 0 heterocycles. The van der Waals surface area contributed by atoms with Crippen LogP contribution in [0.4, 0.5) is 0 Å². The number of allylic oxidation sites excluding steroid dienone is 4. The molecule has 0 spiro atoms. The summed E-state index contributed by atoms with van der Waals surface area (Å²) in [6.45, 7) is 4.61. The fourth-order valence-corrected chi connectivity index (χ4v) is 5.99. The van der Waals surface area contributed by atoms with E-state index in [4.69, 9.17) is 0 Å². The molecule has 4 aliphatic rings. The zero-order chi connectivity index (χ0) is 14.4. The smallest absolute Gasteiger partial charge is 0.0311 e. The van der Waals surface area contributed by atoms with Crippen LogP contribution in [0.3, 0.4) is 0 Å². The molecular weight excluding hydrogens is 252 g/mol. The molecule has 0 nitrogen and oxygen atoms in total. The van der Waals surface area contributed by atoms with E-state index in [0.29, 0.717) is 11.3 Å². The second-order valence-corrected chi connectivity index (χ2v) is 8.01. The largest absolute Gasteiger partial charge is 0.106 e. The summed E-state index contributed by atoms with van der Waals surface area (Å²) in [5, 5.41) is 0. The van der Waals surface area contributed by atoms with Gasteiger partial charge in [0, 0.05) is 5.92 Å². The minimum Gasteiger partial charge on any atom is -0.106 e. The Labute approximate surface area is 130 Å². The van der Waals surface area contributed by atoms with Gasteiger partial charge in [0.25, 0.3) is 0 Å². The topological polar surface area (TPSA) is 0 Å². The van der Waals surface area contributed by atoms with Crippen LogP contribution in [0.1, 0.15) is 71.6 Å². The molecule has 2 fully saturated rings. The van der Waals surface area contributed by atoms with Gasteiger partial charge in [-0.2, -0.15) is 0 Å². The van der Waals surface area contributed by atoms with E-state index in [0.717, 1.165) is 11.8 Å². The standard InChI is InChI=1S/C21H28/c1-3-7-16-14-15-8-4-5-9-17(15)18-11-13-21(2)12-6-10-19(21)20(16)18/h8,16,19-20H,4-6,9-14H2,1-2H3/t16-,19+,20-,21+/m1/s1. The molecule has 0 aliphatic heterocycles. The van der Waals surface area contributed by atoms with Crippen molar-refractivity contribution >= 4 is 0 Å². The fraction of sp³-hybridized carbons (Fsp3) is 0.714. The van der Waals surface area contributed by atoms with E-state index in [-0.39, 0.29) is 0 Å². The Balaban J connectivity index is 1.81. The molecule has 0 aromatic heterocycles. The monoisotopic (exact) mass is 280 g/mol. The van der Waals surface area contributed by atoms with E-state index in [1.807, 2.05) is 12.5 Å². The average Bonchev–Trinajstić information content (AvgIpc) is 2.89. The predicted octanol–water partition coefficient (Wildman–Crippen LogP) is 5.65. The summed E-state index contributed by atoms with van der Waals surface area (Å²) < 4.78 is 0. The highest BCUT2D eigenvalue weighted by atomic mass is 14.5. The second kappa shape index (κ2) is 5.05. The van der Waals surface area contributed by atoms with Gasteiger partial charge in [-0.1, -0.05) is 30.9 Å². The highest BCUT2D eigenvalue weighted by molar-refractivity contribution is 5.45. The van der Waals surface area contributed by atoms with Crippen molar-refractivity contribution < 1.29 is 0 Å². The van der Waals surface area contributed by atoms with Gasteiger partial charge in [0.2, 0.25) is 0 Å².